The molecule has 0 bridgehead atoms. The smallest absolute Gasteiger partial charge is 0.115 e. The van der Waals surface area contributed by atoms with Crippen LogP contribution in [0.5, 0.6) is 5.75 Å². The molecule has 1 fully saturated rings. The monoisotopic (exact) mass is 308 g/mol. The molecule has 0 spiro atoms. The molecule has 2 aromatic carbocycles. The summed E-state index contributed by atoms with van der Waals surface area (Å²) in [6, 6.07) is 14.3. The second-order valence-electron chi connectivity index (χ2n) is 7.36. The molecular formula is C22H28O. The highest BCUT2D eigenvalue weighted by Gasteiger charge is 2.17. The summed E-state index contributed by atoms with van der Waals surface area (Å²) in [7, 11) is 0. The minimum atomic E-state index is 0.324. The third-order valence-corrected chi connectivity index (χ3v) is 5.45. The van der Waals surface area contributed by atoms with Crippen molar-refractivity contribution in [2.24, 2.45) is 11.8 Å². The largest absolute Gasteiger partial charge is 0.508 e. The molecule has 0 unspecified atom stereocenters. The Hall–Kier alpha value is -1.76. The van der Waals surface area contributed by atoms with Gasteiger partial charge in [0.15, 0.2) is 0 Å². The van der Waals surface area contributed by atoms with Gasteiger partial charge in [0.25, 0.3) is 0 Å². The highest BCUT2D eigenvalue weighted by Crippen LogP contribution is 2.32. The summed E-state index contributed by atoms with van der Waals surface area (Å²) in [5.41, 5.74) is 5.22. The van der Waals surface area contributed by atoms with E-state index in [0.29, 0.717) is 5.75 Å². The maximum atomic E-state index is 9.43. The van der Waals surface area contributed by atoms with E-state index in [1.165, 1.54) is 60.8 Å². The fraction of sp³-hybridized carbons (Fsp3) is 0.455. The van der Waals surface area contributed by atoms with Gasteiger partial charge >= 0.3 is 0 Å². The molecule has 1 N–H and O–H groups in total. The Bertz CT molecular complexity index is 634. The first-order valence-electron chi connectivity index (χ1n) is 9.01. The summed E-state index contributed by atoms with van der Waals surface area (Å²) in [6.45, 7) is 4.58. The lowest BCUT2D eigenvalue weighted by molar-refractivity contribution is 0.278. The molecule has 1 aliphatic carbocycles. The van der Waals surface area contributed by atoms with Crippen LogP contribution in [0.1, 0.15) is 50.2 Å². The Labute approximate surface area is 140 Å². The zero-order chi connectivity index (χ0) is 16.2. The van der Waals surface area contributed by atoms with Crippen LogP contribution in [-0.4, -0.2) is 5.11 Å². The van der Waals surface area contributed by atoms with Gasteiger partial charge in [-0.1, -0.05) is 62.9 Å². The van der Waals surface area contributed by atoms with E-state index in [2.05, 4.69) is 32.0 Å². The van der Waals surface area contributed by atoms with Crippen LogP contribution in [-0.2, 0) is 6.42 Å². The van der Waals surface area contributed by atoms with Crippen LogP contribution >= 0.6 is 0 Å². The van der Waals surface area contributed by atoms with Gasteiger partial charge in [0, 0.05) is 0 Å². The standard InChI is InChI=1S/C22H28O/c1-16-3-5-18(6-4-16)7-8-19-9-14-22(17(2)15-19)20-10-12-21(23)13-11-20/h9-16,18,23H,3-8H2,1-2H3. The van der Waals surface area contributed by atoms with E-state index in [4.69, 9.17) is 0 Å². The Morgan fingerprint density at radius 2 is 1.65 bits per heavy atom. The van der Waals surface area contributed by atoms with Gasteiger partial charge in [-0.15, -0.1) is 0 Å². The van der Waals surface area contributed by atoms with Gasteiger partial charge in [-0.05, 0) is 66.0 Å². The summed E-state index contributed by atoms with van der Waals surface area (Å²) in [5, 5.41) is 9.43. The molecule has 122 valence electrons. The summed E-state index contributed by atoms with van der Waals surface area (Å²) in [6.07, 6.45) is 8.23. The number of hydrogen-bond donors (Lipinski definition) is 1. The molecule has 0 radical (unpaired) electrons. The normalized spacial score (nSPS) is 21.3. The van der Waals surface area contributed by atoms with Crippen molar-refractivity contribution in [3.8, 4) is 16.9 Å². The van der Waals surface area contributed by atoms with E-state index in [1.54, 1.807) is 12.1 Å². The Morgan fingerprint density at radius 3 is 2.30 bits per heavy atom. The van der Waals surface area contributed by atoms with Crippen molar-refractivity contribution in [3.05, 3.63) is 53.6 Å². The molecule has 0 atom stereocenters. The number of aromatic hydroxyl groups is 1. The average Bonchev–Trinajstić information content (AvgIpc) is 2.55. The van der Waals surface area contributed by atoms with Crippen molar-refractivity contribution in [1.82, 2.24) is 0 Å². The van der Waals surface area contributed by atoms with E-state index < -0.39 is 0 Å². The van der Waals surface area contributed by atoms with Crippen molar-refractivity contribution in [3.63, 3.8) is 0 Å². The number of hydrogen-bond acceptors (Lipinski definition) is 1. The molecule has 1 saturated carbocycles. The lowest BCUT2D eigenvalue weighted by Gasteiger charge is -2.26. The molecule has 1 heteroatoms. The molecule has 0 amide bonds. The van der Waals surface area contributed by atoms with Crippen LogP contribution in [0.4, 0.5) is 0 Å². The van der Waals surface area contributed by atoms with Crippen LogP contribution < -0.4 is 0 Å². The highest BCUT2D eigenvalue weighted by molar-refractivity contribution is 5.68. The summed E-state index contributed by atoms with van der Waals surface area (Å²) in [4.78, 5) is 0. The molecule has 0 aliphatic heterocycles. The molecule has 3 rings (SSSR count). The Kier molecular flexibility index (Phi) is 5.05. The zero-order valence-corrected chi connectivity index (χ0v) is 14.4. The fourth-order valence-corrected chi connectivity index (χ4v) is 3.83. The van der Waals surface area contributed by atoms with Gasteiger partial charge in [-0.3, -0.25) is 0 Å². The molecule has 0 saturated heterocycles. The second kappa shape index (κ2) is 7.21. The minimum absolute atomic E-state index is 0.324. The predicted molar refractivity (Wildman–Crippen MR) is 97.7 cm³/mol. The first kappa shape index (κ1) is 16.1. The third-order valence-electron chi connectivity index (χ3n) is 5.45. The van der Waals surface area contributed by atoms with Gasteiger partial charge in [-0.2, -0.15) is 0 Å². The van der Waals surface area contributed by atoms with Gasteiger partial charge in [0.2, 0.25) is 0 Å². The lowest BCUT2D eigenvalue weighted by atomic mass is 9.80. The molecule has 1 nitrogen and oxygen atoms in total. The molecule has 2 aromatic rings. The first-order valence-corrected chi connectivity index (χ1v) is 9.01. The predicted octanol–water partition coefficient (Wildman–Crippen LogP) is 6.13. The van der Waals surface area contributed by atoms with Crippen molar-refractivity contribution in [1.29, 1.82) is 0 Å². The van der Waals surface area contributed by atoms with Crippen LogP contribution in [0.2, 0.25) is 0 Å². The van der Waals surface area contributed by atoms with E-state index >= 15 is 0 Å². The lowest BCUT2D eigenvalue weighted by Crippen LogP contribution is -2.12. The summed E-state index contributed by atoms with van der Waals surface area (Å²) >= 11 is 0. The zero-order valence-electron chi connectivity index (χ0n) is 14.4. The third kappa shape index (κ3) is 4.16. The van der Waals surface area contributed by atoms with Crippen molar-refractivity contribution in [2.75, 3.05) is 0 Å². The van der Waals surface area contributed by atoms with E-state index in [9.17, 15) is 5.11 Å². The maximum Gasteiger partial charge on any atom is 0.115 e. The molecular weight excluding hydrogens is 280 g/mol. The van der Waals surface area contributed by atoms with Crippen LogP contribution in [0.15, 0.2) is 42.5 Å². The topological polar surface area (TPSA) is 20.2 Å². The number of benzene rings is 2. The quantitative estimate of drug-likeness (QED) is 0.720. The van der Waals surface area contributed by atoms with E-state index in [1.807, 2.05) is 12.1 Å². The second-order valence-corrected chi connectivity index (χ2v) is 7.36. The summed E-state index contributed by atoms with van der Waals surface area (Å²) < 4.78 is 0. The van der Waals surface area contributed by atoms with E-state index in [-0.39, 0.29) is 0 Å². The fourth-order valence-electron chi connectivity index (χ4n) is 3.83. The van der Waals surface area contributed by atoms with Gasteiger partial charge in [0.1, 0.15) is 5.75 Å². The van der Waals surface area contributed by atoms with Gasteiger partial charge < -0.3 is 5.11 Å². The van der Waals surface area contributed by atoms with Crippen LogP contribution in [0.3, 0.4) is 0 Å². The van der Waals surface area contributed by atoms with Crippen LogP contribution in [0, 0.1) is 18.8 Å². The van der Waals surface area contributed by atoms with Gasteiger partial charge in [-0.25, -0.2) is 0 Å². The van der Waals surface area contributed by atoms with Crippen molar-refractivity contribution < 1.29 is 5.11 Å². The van der Waals surface area contributed by atoms with Gasteiger partial charge in [0.05, 0.1) is 0 Å². The Morgan fingerprint density at radius 1 is 0.957 bits per heavy atom. The van der Waals surface area contributed by atoms with E-state index in [0.717, 1.165) is 11.8 Å². The number of rotatable bonds is 4. The van der Waals surface area contributed by atoms with Crippen LogP contribution in [0.25, 0.3) is 11.1 Å². The minimum Gasteiger partial charge on any atom is -0.508 e. The Balaban J connectivity index is 1.64. The number of phenols is 1. The summed E-state index contributed by atoms with van der Waals surface area (Å²) in [5.74, 6) is 2.20. The SMILES string of the molecule is Cc1cc(CCC2CCC(C)CC2)ccc1-c1ccc(O)cc1. The number of aryl methyl sites for hydroxylation is 2. The molecule has 1 aliphatic rings. The van der Waals surface area contributed by atoms with Crippen molar-refractivity contribution >= 4 is 0 Å². The highest BCUT2D eigenvalue weighted by atomic mass is 16.3. The number of phenolic OH excluding ortho intramolecular Hbond substituents is 1. The van der Waals surface area contributed by atoms with Crippen molar-refractivity contribution in [2.45, 2.75) is 52.4 Å². The first-order chi connectivity index (χ1) is 11.1. The molecule has 0 heterocycles. The molecule has 23 heavy (non-hydrogen) atoms. The average molecular weight is 308 g/mol. The maximum absolute atomic E-state index is 9.43. The molecule has 0 aromatic heterocycles.